The zero-order chi connectivity index (χ0) is 20.5. The molecule has 1 aliphatic rings. The number of esters is 1. The zero-order valence-corrected chi connectivity index (χ0v) is 15.2. The van der Waals surface area contributed by atoms with Crippen LogP contribution in [-0.4, -0.2) is 36.6 Å². The molecule has 4 nitrogen and oxygen atoms in total. The maximum Gasteiger partial charge on any atom is 0.416 e. The molecule has 1 fully saturated rings. The van der Waals surface area contributed by atoms with Crippen LogP contribution in [0.3, 0.4) is 0 Å². The second-order valence-electron chi connectivity index (χ2n) is 6.68. The molecular weight excluding hydrogens is 383 g/mol. The largest absolute Gasteiger partial charge is 0.462 e. The Hall–Kier alpha value is -2.45. The quantitative estimate of drug-likeness (QED) is 0.532. The molecule has 0 spiro atoms. The van der Waals surface area contributed by atoms with Crippen LogP contribution in [-0.2, 0) is 10.9 Å². The standard InChI is InChI=1S/C19H19F5N2O2/c1-2-28-17(27)14-10-12-4-5-13(19(22,23)24)11-15(12)25-16(14)26-8-3-6-18(20,21)7-9-26/h4-5,10-11H,2-3,6-9H2,1H3. The lowest BCUT2D eigenvalue weighted by molar-refractivity contribution is -0.137. The second-order valence-corrected chi connectivity index (χ2v) is 6.68. The van der Waals surface area contributed by atoms with Gasteiger partial charge in [0.1, 0.15) is 11.4 Å². The van der Waals surface area contributed by atoms with Crippen molar-refractivity contribution in [2.75, 3.05) is 24.6 Å². The highest BCUT2D eigenvalue weighted by atomic mass is 19.4. The number of rotatable bonds is 3. The highest BCUT2D eigenvalue weighted by molar-refractivity contribution is 5.99. The van der Waals surface area contributed by atoms with Crippen LogP contribution in [0.4, 0.5) is 27.8 Å². The number of hydrogen-bond donors (Lipinski definition) is 0. The van der Waals surface area contributed by atoms with E-state index in [1.807, 2.05) is 0 Å². The molecule has 1 aromatic carbocycles. The van der Waals surface area contributed by atoms with Gasteiger partial charge in [-0.25, -0.2) is 18.6 Å². The number of nitrogens with zero attached hydrogens (tertiary/aromatic N) is 2. The van der Waals surface area contributed by atoms with Crippen molar-refractivity contribution in [1.29, 1.82) is 0 Å². The Labute approximate surface area is 158 Å². The summed E-state index contributed by atoms with van der Waals surface area (Å²) in [6.45, 7) is 1.88. The van der Waals surface area contributed by atoms with Crippen molar-refractivity contribution in [1.82, 2.24) is 4.98 Å². The highest BCUT2D eigenvalue weighted by Gasteiger charge is 2.34. The van der Waals surface area contributed by atoms with E-state index >= 15 is 0 Å². The molecule has 0 amide bonds. The van der Waals surface area contributed by atoms with Crippen LogP contribution in [0.5, 0.6) is 0 Å². The minimum atomic E-state index is -4.54. The van der Waals surface area contributed by atoms with Crippen LogP contribution in [0.15, 0.2) is 24.3 Å². The Morgan fingerprint density at radius 1 is 1.21 bits per heavy atom. The summed E-state index contributed by atoms with van der Waals surface area (Å²) < 4.78 is 71.5. The van der Waals surface area contributed by atoms with Gasteiger partial charge >= 0.3 is 12.1 Å². The number of halogens is 5. The molecule has 9 heteroatoms. The fourth-order valence-corrected chi connectivity index (χ4v) is 3.21. The molecule has 28 heavy (non-hydrogen) atoms. The van der Waals surface area contributed by atoms with E-state index in [1.54, 1.807) is 6.92 Å². The molecule has 152 valence electrons. The SMILES string of the molecule is CCOC(=O)c1cc2ccc(C(F)(F)F)cc2nc1N1CCCC(F)(F)CC1. The molecular formula is C19H19F5N2O2. The number of hydrogen-bond acceptors (Lipinski definition) is 4. The van der Waals surface area contributed by atoms with Gasteiger partial charge in [-0.3, -0.25) is 0 Å². The number of fused-ring (bicyclic) bond motifs is 1. The molecule has 0 saturated carbocycles. The Balaban J connectivity index is 2.10. The highest BCUT2D eigenvalue weighted by Crippen LogP contribution is 2.34. The normalized spacial score (nSPS) is 17.4. The van der Waals surface area contributed by atoms with Crippen LogP contribution in [0.1, 0.15) is 42.1 Å². The van der Waals surface area contributed by atoms with E-state index in [9.17, 15) is 26.7 Å². The Kier molecular flexibility index (Phi) is 5.45. The summed E-state index contributed by atoms with van der Waals surface area (Å²) in [5.41, 5.74) is -0.780. The maximum atomic E-state index is 13.7. The van der Waals surface area contributed by atoms with Crippen molar-refractivity contribution in [3.8, 4) is 0 Å². The minimum absolute atomic E-state index is 0.0360. The van der Waals surface area contributed by atoms with Crippen molar-refractivity contribution in [3.05, 3.63) is 35.4 Å². The van der Waals surface area contributed by atoms with Gasteiger partial charge in [0.05, 0.1) is 17.7 Å². The van der Waals surface area contributed by atoms with Crippen LogP contribution < -0.4 is 4.90 Å². The molecule has 1 aliphatic heterocycles. The first-order valence-electron chi connectivity index (χ1n) is 8.92. The summed E-state index contributed by atoms with van der Waals surface area (Å²) in [5.74, 6) is -3.44. The minimum Gasteiger partial charge on any atom is -0.462 e. The van der Waals surface area contributed by atoms with Crippen molar-refractivity contribution in [3.63, 3.8) is 0 Å². The Morgan fingerprint density at radius 3 is 2.64 bits per heavy atom. The van der Waals surface area contributed by atoms with Crippen molar-refractivity contribution < 1.29 is 31.5 Å². The lowest BCUT2D eigenvalue weighted by Crippen LogP contribution is -2.28. The van der Waals surface area contributed by atoms with Crippen molar-refractivity contribution in [2.45, 2.75) is 38.3 Å². The number of alkyl halides is 5. The average molecular weight is 402 g/mol. The van der Waals surface area contributed by atoms with E-state index in [-0.39, 0.29) is 49.4 Å². The zero-order valence-electron chi connectivity index (χ0n) is 15.2. The fraction of sp³-hybridized carbons (Fsp3) is 0.474. The molecule has 0 unspecified atom stereocenters. The third-order valence-corrected chi connectivity index (χ3v) is 4.64. The molecule has 0 radical (unpaired) electrons. The number of benzene rings is 1. The van der Waals surface area contributed by atoms with E-state index in [0.29, 0.717) is 5.39 Å². The van der Waals surface area contributed by atoms with Gasteiger partial charge in [0.25, 0.3) is 0 Å². The van der Waals surface area contributed by atoms with E-state index in [0.717, 1.165) is 12.1 Å². The predicted molar refractivity (Wildman–Crippen MR) is 93.7 cm³/mol. The van der Waals surface area contributed by atoms with E-state index in [4.69, 9.17) is 4.74 Å². The van der Waals surface area contributed by atoms with Crippen LogP contribution in [0.2, 0.25) is 0 Å². The first-order valence-corrected chi connectivity index (χ1v) is 8.92. The van der Waals surface area contributed by atoms with Gasteiger partial charge in [0.15, 0.2) is 0 Å². The summed E-state index contributed by atoms with van der Waals surface area (Å²) >= 11 is 0. The lowest BCUT2D eigenvalue weighted by atomic mass is 10.1. The summed E-state index contributed by atoms with van der Waals surface area (Å²) in [4.78, 5) is 18.1. The number of carbonyl (C=O) groups excluding carboxylic acids is 1. The molecule has 0 atom stereocenters. The first kappa shape index (κ1) is 20.3. The van der Waals surface area contributed by atoms with E-state index < -0.39 is 30.1 Å². The van der Waals surface area contributed by atoms with Gasteiger partial charge in [-0.1, -0.05) is 6.07 Å². The van der Waals surface area contributed by atoms with Gasteiger partial charge in [-0.05, 0) is 31.5 Å². The number of anilines is 1. The molecule has 1 aromatic heterocycles. The van der Waals surface area contributed by atoms with Crippen LogP contribution in [0.25, 0.3) is 10.9 Å². The van der Waals surface area contributed by atoms with E-state index in [1.165, 1.54) is 17.0 Å². The smallest absolute Gasteiger partial charge is 0.416 e. The number of ether oxygens (including phenoxy) is 1. The average Bonchev–Trinajstić information content (AvgIpc) is 2.80. The molecule has 2 heterocycles. The fourth-order valence-electron chi connectivity index (χ4n) is 3.21. The van der Waals surface area contributed by atoms with Crippen molar-refractivity contribution in [2.24, 2.45) is 0 Å². The molecule has 0 N–H and O–H groups in total. The van der Waals surface area contributed by atoms with E-state index in [2.05, 4.69) is 4.98 Å². The van der Waals surface area contributed by atoms with Gasteiger partial charge in [-0.2, -0.15) is 13.2 Å². The van der Waals surface area contributed by atoms with Crippen molar-refractivity contribution >= 4 is 22.7 Å². The predicted octanol–water partition coefficient (Wildman–Crippen LogP) is 5.06. The molecule has 2 aromatic rings. The third-order valence-electron chi connectivity index (χ3n) is 4.64. The van der Waals surface area contributed by atoms with Gasteiger partial charge in [-0.15, -0.1) is 0 Å². The number of pyridine rings is 1. The molecule has 0 aliphatic carbocycles. The third kappa shape index (κ3) is 4.34. The summed E-state index contributed by atoms with van der Waals surface area (Å²) in [5, 5.41) is 0.333. The molecule has 0 bridgehead atoms. The van der Waals surface area contributed by atoms with Gasteiger partial charge in [0.2, 0.25) is 5.92 Å². The Bertz CT molecular complexity index is 882. The Morgan fingerprint density at radius 2 is 1.96 bits per heavy atom. The summed E-state index contributed by atoms with van der Waals surface area (Å²) in [6.07, 6.45) is -5.07. The monoisotopic (exact) mass is 402 g/mol. The molecule has 3 rings (SSSR count). The second kappa shape index (κ2) is 7.52. The summed E-state index contributed by atoms with van der Waals surface area (Å²) in [7, 11) is 0. The van der Waals surface area contributed by atoms with Crippen LogP contribution in [0, 0.1) is 0 Å². The first-order chi connectivity index (χ1) is 13.1. The van der Waals surface area contributed by atoms with Crippen LogP contribution >= 0.6 is 0 Å². The number of carbonyl (C=O) groups is 1. The maximum absolute atomic E-state index is 13.7. The summed E-state index contributed by atoms with van der Waals surface area (Å²) in [6, 6.07) is 4.43. The topological polar surface area (TPSA) is 42.4 Å². The molecule has 1 saturated heterocycles. The number of aromatic nitrogens is 1. The van der Waals surface area contributed by atoms with Gasteiger partial charge < -0.3 is 9.64 Å². The lowest BCUT2D eigenvalue weighted by Gasteiger charge is -2.24. The van der Waals surface area contributed by atoms with Gasteiger partial charge in [0, 0.05) is 31.3 Å².